The Bertz CT molecular complexity index is 1070. The van der Waals surface area contributed by atoms with Crippen LogP contribution in [0.3, 0.4) is 0 Å². The average Bonchev–Trinajstić information content (AvgIpc) is 3.22. The van der Waals surface area contributed by atoms with Gasteiger partial charge in [0.2, 0.25) is 0 Å². The molecule has 30 heavy (non-hydrogen) atoms. The van der Waals surface area contributed by atoms with Gasteiger partial charge in [-0.3, -0.25) is 8.99 Å². The minimum absolute atomic E-state index is 0.110. The Morgan fingerprint density at radius 1 is 1.13 bits per heavy atom. The highest BCUT2D eigenvalue weighted by Crippen LogP contribution is 2.33. The SMILES string of the molecule is C[C@H](CCCn1ccnn1)N(c1cc(Cl)ccc1CO)S(=O)(=O)c1ccc(Cl)cc1. The molecule has 1 atom stereocenters. The van der Waals surface area contributed by atoms with Crippen molar-refractivity contribution in [2.75, 3.05) is 4.31 Å². The molecule has 1 heterocycles. The summed E-state index contributed by atoms with van der Waals surface area (Å²) in [5.74, 6) is 0. The van der Waals surface area contributed by atoms with Crippen LogP contribution < -0.4 is 4.31 Å². The maximum Gasteiger partial charge on any atom is 0.264 e. The van der Waals surface area contributed by atoms with Gasteiger partial charge in [0.1, 0.15) is 0 Å². The van der Waals surface area contributed by atoms with Crippen LogP contribution in [0.2, 0.25) is 10.0 Å². The van der Waals surface area contributed by atoms with E-state index in [1.54, 1.807) is 35.3 Å². The summed E-state index contributed by atoms with van der Waals surface area (Å²) in [6, 6.07) is 10.4. The van der Waals surface area contributed by atoms with Gasteiger partial charge >= 0.3 is 0 Å². The van der Waals surface area contributed by atoms with Crippen molar-refractivity contribution in [3.8, 4) is 0 Å². The van der Waals surface area contributed by atoms with Crippen LogP contribution in [0.1, 0.15) is 25.3 Å². The van der Waals surface area contributed by atoms with Gasteiger partial charge < -0.3 is 5.11 Å². The predicted octanol–water partition coefficient (Wildman–Crippen LogP) is 4.14. The number of benzene rings is 2. The minimum Gasteiger partial charge on any atom is -0.392 e. The van der Waals surface area contributed by atoms with E-state index < -0.39 is 16.1 Å². The van der Waals surface area contributed by atoms with E-state index in [-0.39, 0.29) is 11.5 Å². The minimum atomic E-state index is -3.93. The Balaban J connectivity index is 1.98. The van der Waals surface area contributed by atoms with Crippen LogP contribution in [0.5, 0.6) is 0 Å². The smallest absolute Gasteiger partial charge is 0.264 e. The van der Waals surface area contributed by atoms with Gasteiger partial charge in [-0.05, 0) is 56.2 Å². The normalized spacial score (nSPS) is 12.7. The summed E-state index contributed by atoms with van der Waals surface area (Å²) in [5.41, 5.74) is 0.827. The van der Waals surface area contributed by atoms with Crippen molar-refractivity contribution in [1.29, 1.82) is 0 Å². The van der Waals surface area contributed by atoms with E-state index in [0.29, 0.717) is 40.7 Å². The van der Waals surface area contributed by atoms with Crippen molar-refractivity contribution >= 4 is 38.9 Å². The lowest BCUT2D eigenvalue weighted by atomic mass is 10.1. The molecule has 0 aliphatic rings. The largest absolute Gasteiger partial charge is 0.392 e. The zero-order valence-electron chi connectivity index (χ0n) is 16.3. The first-order chi connectivity index (χ1) is 14.3. The maximum atomic E-state index is 13.6. The van der Waals surface area contributed by atoms with Crippen LogP contribution in [0, 0.1) is 0 Å². The van der Waals surface area contributed by atoms with Gasteiger partial charge in [0.15, 0.2) is 0 Å². The van der Waals surface area contributed by atoms with E-state index in [1.165, 1.54) is 28.6 Å². The lowest BCUT2D eigenvalue weighted by Gasteiger charge is -2.32. The van der Waals surface area contributed by atoms with Crippen LogP contribution >= 0.6 is 23.2 Å². The highest BCUT2D eigenvalue weighted by atomic mass is 35.5. The number of halogens is 2. The van der Waals surface area contributed by atoms with Crippen molar-refractivity contribution in [1.82, 2.24) is 15.0 Å². The Morgan fingerprint density at radius 3 is 2.47 bits per heavy atom. The highest BCUT2D eigenvalue weighted by molar-refractivity contribution is 7.92. The third-order valence-electron chi connectivity index (χ3n) is 4.71. The number of aliphatic hydroxyl groups excluding tert-OH is 1. The molecule has 0 amide bonds. The molecular formula is C20H22Cl2N4O3S. The van der Waals surface area contributed by atoms with Gasteiger partial charge in [-0.15, -0.1) is 5.10 Å². The van der Waals surface area contributed by atoms with Crippen LogP contribution in [-0.4, -0.2) is 34.6 Å². The number of sulfonamides is 1. The van der Waals surface area contributed by atoms with Crippen molar-refractivity contribution in [2.24, 2.45) is 0 Å². The molecule has 0 bridgehead atoms. The number of rotatable bonds is 9. The third kappa shape index (κ3) is 5.13. The number of nitrogens with zero attached hydrogens (tertiary/aromatic N) is 4. The first-order valence-electron chi connectivity index (χ1n) is 9.36. The number of aromatic nitrogens is 3. The summed E-state index contributed by atoms with van der Waals surface area (Å²) in [7, 11) is -3.93. The van der Waals surface area contributed by atoms with Crippen molar-refractivity contribution in [3.63, 3.8) is 0 Å². The number of hydrogen-bond donors (Lipinski definition) is 1. The van der Waals surface area contributed by atoms with Crippen molar-refractivity contribution in [2.45, 2.75) is 43.9 Å². The van der Waals surface area contributed by atoms with Gasteiger partial charge in [0, 0.05) is 34.4 Å². The molecule has 0 spiro atoms. The fraction of sp³-hybridized carbons (Fsp3) is 0.300. The zero-order valence-corrected chi connectivity index (χ0v) is 18.6. The van der Waals surface area contributed by atoms with E-state index in [1.807, 2.05) is 6.92 Å². The van der Waals surface area contributed by atoms with Gasteiger partial charge in [-0.1, -0.05) is 34.5 Å². The van der Waals surface area contributed by atoms with Gasteiger partial charge in [-0.2, -0.15) is 0 Å². The molecule has 0 fully saturated rings. The fourth-order valence-electron chi connectivity index (χ4n) is 3.22. The van der Waals surface area contributed by atoms with Crippen LogP contribution in [0.25, 0.3) is 0 Å². The lowest BCUT2D eigenvalue weighted by molar-refractivity contribution is 0.282. The monoisotopic (exact) mass is 468 g/mol. The number of hydrogen-bond acceptors (Lipinski definition) is 5. The van der Waals surface area contributed by atoms with E-state index >= 15 is 0 Å². The molecule has 0 radical (unpaired) electrons. The molecule has 0 saturated carbocycles. The van der Waals surface area contributed by atoms with E-state index in [2.05, 4.69) is 10.3 Å². The Morgan fingerprint density at radius 2 is 1.83 bits per heavy atom. The Labute approximate surface area is 185 Å². The average molecular weight is 469 g/mol. The first kappa shape index (κ1) is 22.6. The predicted molar refractivity (Wildman–Crippen MR) is 117 cm³/mol. The lowest BCUT2D eigenvalue weighted by Crippen LogP contribution is -2.39. The standard InChI is InChI=1S/C20H22Cl2N4O3S/c1-15(3-2-11-25-12-10-23-24-25)26(20-13-18(22)5-4-16(20)14-27)30(28,29)19-8-6-17(21)7-9-19/h4-10,12-13,15,27H,2-3,11,14H2,1H3/t15-/m1/s1. The number of aryl methyl sites for hydroxylation is 1. The second-order valence-corrected chi connectivity index (χ2v) is 9.53. The highest BCUT2D eigenvalue weighted by Gasteiger charge is 2.31. The third-order valence-corrected chi connectivity index (χ3v) is 7.14. The molecule has 1 N–H and O–H groups in total. The molecule has 1 aromatic heterocycles. The Kier molecular flexibility index (Phi) is 7.36. The number of aliphatic hydroxyl groups is 1. The summed E-state index contributed by atoms with van der Waals surface area (Å²) in [6.45, 7) is 2.13. The quantitative estimate of drug-likeness (QED) is 0.509. The first-order valence-corrected chi connectivity index (χ1v) is 11.6. The Hall–Kier alpha value is -2.13. The summed E-state index contributed by atoms with van der Waals surface area (Å²) in [5, 5.41) is 18.3. The summed E-state index contributed by atoms with van der Waals surface area (Å²) >= 11 is 12.1. The topological polar surface area (TPSA) is 88.3 Å². The maximum absolute atomic E-state index is 13.6. The second-order valence-electron chi connectivity index (χ2n) is 6.84. The van der Waals surface area contributed by atoms with Gasteiger partial charge in [0.05, 0.1) is 23.4 Å². The molecule has 0 saturated heterocycles. The second kappa shape index (κ2) is 9.78. The molecule has 0 aliphatic heterocycles. The van der Waals surface area contributed by atoms with Crippen molar-refractivity contribution < 1.29 is 13.5 Å². The molecule has 7 nitrogen and oxygen atoms in total. The summed E-state index contributed by atoms with van der Waals surface area (Å²) in [6.07, 6.45) is 4.60. The molecule has 3 rings (SSSR count). The molecule has 0 unspecified atom stereocenters. The molecular weight excluding hydrogens is 447 g/mol. The molecule has 3 aromatic rings. The number of anilines is 1. The molecule has 0 aliphatic carbocycles. The van der Waals surface area contributed by atoms with Gasteiger partial charge in [0.25, 0.3) is 10.0 Å². The van der Waals surface area contributed by atoms with Crippen LogP contribution in [0.4, 0.5) is 5.69 Å². The van der Waals surface area contributed by atoms with E-state index in [4.69, 9.17) is 23.2 Å². The van der Waals surface area contributed by atoms with Gasteiger partial charge in [-0.25, -0.2) is 8.42 Å². The zero-order chi connectivity index (χ0) is 21.7. The summed E-state index contributed by atoms with van der Waals surface area (Å²) in [4.78, 5) is 0.110. The molecule has 160 valence electrons. The summed E-state index contributed by atoms with van der Waals surface area (Å²) < 4.78 is 30.2. The molecule has 10 heteroatoms. The van der Waals surface area contributed by atoms with E-state index in [0.717, 1.165) is 0 Å². The van der Waals surface area contributed by atoms with Crippen LogP contribution in [0.15, 0.2) is 59.8 Å². The van der Waals surface area contributed by atoms with Crippen molar-refractivity contribution in [3.05, 3.63) is 70.5 Å². The van der Waals surface area contributed by atoms with E-state index in [9.17, 15) is 13.5 Å². The fourth-order valence-corrected chi connectivity index (χ4v) is 5.23. The molecule has 2 aromatic carbocycles. The van der Waals surface area contributed by atoms with Crippen LogP contribution in [-0.2, 0) is 23.2 Å².